The van der Waals surface area contributed by atoms with E-state index in [2.05, 4.69) is 31.0 Å². The van der Waals surface area contributed by atoms with E-state index in [1.807, 2.05) is 0 Å². The Labute approximate surface area is 62.0 Å². The van der Waals surface area contributed by atoms with Crippen LogP contribution in [0, 0.1) is 5.92 Å². The lowest BCUT2D eigenvalue weighted by atomic mass is 10.0. The maximum absolute atomic E-state index is 4.09. The molecule has 10 heavy (non-hydrogen) atoms. The normalized spacial score (nSPS) is 17.6. The summed E-state index contributed by atoms with van der Waals surface area (Å²) < 4.78 is 0. The van der Waals surface area contributed by atoms with Gasteiger partial charge in [0.25, 0.3) is 0 Å². The molecule has 1 heterocycles. The van der Waals surface area contributed by atoms with Gasteiger partial charge in [0.1, 0.15) is 0 Å². The second-order valence-corrected chi connectivity index (χ2v) is 2.94. The molecule has 0 N–H and O–H groups in total. The molecule has 0 radical (unpaired) electrons. The molecule has 1 rings (SSSR count). The third-order valence-corrected chi connectivity index (χ3v) is 1.78. The van der Waals surface area contributed by atoms with Crippen molar-refractivity contribution in [2.75, 3.05) is 0 Å². The van der Waals surface area contributed by atoms with Crippen LogP contribution in [0.25, 0.3) is 0 Å². The average molecular weight is 138 g/mol. The van der Waals surface area contributed by atoms with Crippen LogP contribution in [0.5, 0.6) is 0 Å². The van der Waals surface area contributed by atoms with Gasteiger partial charge in [0.2, 0.25) is 0 Å². The zero-order valence-electron chi connectivity index (χ0n) is 6.89. The van der Waals surface area contributed by atoms with E-state index in [4.69, 9.17) is 0 Å². The van der Waals surface area contributed by atoms with Crippen LogP contribution in [0.3, 0.4) is 0 Å². The zero-order chi connectivity index (χ0) is 7.56. The molecule has 2 nitrogen and oxygen atoms in total. The van der Waals surface area contributed by atoms with E-state index in [9.17, 15) is 0 Å². The number of hydrogen-bond donors (Lipinski definition) is 0. The quantitative estimate of drug-likeness (QED) is 0.559. The van der Waals surface area contributed by atoms with Crippen molar-refractivity contribution in [3.05, 3.63) is 0 Å². The number of rotatable bonds is 2. The fourth-order valence-corrected chi connectivity index (χ4v) is 0.930. The SMILES string of the molecule is CCC1=NN=C(C(C)C)C1. The molecule has 0 saturated heterocycles. The molecular weight excluding hydrogens is 124 g/mol. The predicted octanol–water partition coefficient (Wildman–Crippen LogP) is 2.25. The lowest BCUT2D eigenvalue weighted by Crippen LogP contribution is -2.07. The van der Waals surface area contributed by atoms with Crippen LogP contribution in [-0.2, 0) is 0 Å². The predicted molar refractivity (Wildman–Crippen MR) is 44.6 cm³/mol. The second-order valence-electron chi connectivity index (χ2n) is 2.94. The summed E-state index contributed by atoms with van der Waals surface area (Å²) in [4.78, 5) is 0. The summed E-state index contributed by atoms with van der Waals surface area (Å²) in [6.45, 7) is 6.44. The van der Waals surface area contributed by atoms with Gasteiger partial charge in [-0.1, -0.05) is 20.8 Å². The molecule has 0 aromatic rings. The highest BCUT2D eigenvalue weighted by molar-refractivity contribution is 6.07. The molecular formula is C8H14N2. The minimum Gasteiger partial charge on any atom is -0.160 e. The minimum absolute atomic E-state index is 0.563. The van der Waals surface area contributed by atoms with Crippen molar-refractivity contribution in [1.82, 2.24) is 0 Å². The van der Waals surface area contributed by atoms with Crippen molar-refractivity contribution < 1.29 is 0 Å². The van der Waals surface area contributed by atoms with Crippen molar-refractivity contribution in [3.63, 3.8) is 0 Å². The molecule has 0 aromatic carbocycles. The van der Waals surface area contributed by atoms with Gasteiger partial charge in [0.15, 0.2) is 0 Å². The third-order valence-electron chi connectivity index (χ3n) is 1.78. The molecule has 0 aromatic heterocycles. The van der Waals surface area contributed by atoms with E-state index in [1.54, 1.807) is 0 Å². The summed E-state index contributed by atoms with van der Waals surface area (Å²) in [5.41, 5.74) is 2.46. The van der Waals surface area contributed by atoms with Crippen molar-refractivity contribution >= 4 is 11.4 Å². The van der Waals surface area contributed by atoms with Gasteiger partial charge in [-0.15, -0.1) is 0 Å². The van der Waals surface area contributed by atoms with Crippen molar-refractivity contribution in [2.45, 2.75) is 33.6 Å². The Balaban J connectivity index is 2.48. The Bertz CT molecular complexity index is 178. The summed E-state index contributed by atoms with van der Waals surface area (Å²) in [5, 5.41) is 8.15. The van der Waals surface area contributed by atoms with Crippen LogP contribution in [0.2, 0.25) is 0 Å². The maximum Gasteiger partial charge on any atom is 0.0487 e. The lowest BCUT2D eigenvalue weighted by molar-refractivity contribution is 0.870. The van der Waals surface area contributed by atoms with Gasteiger partial charge in [-0.3, -0.25) is 0 Å². The highest BCUT2D eigenvalue weighted by atomic mass is 15.2. The lowest BCUT2D eigenvalue weighted by Gasteiger charge is -2.01. The zero-order valence-corrected chi connectivity index (χ0v) is 6.89. The summed E-state index contributed by atoms with van der Waals surface area (Å²) >= 11 is 0. The number of hydrogen-bond acceptors (Lipinski definition) is 2. The topological polar surface area (TPSA) is 24.7 Å². The molecule has 56 valence electrons. The Kier molecular flexibility index (Phi) is 2.20. The van der Waals surface area contributed by atoms with Crippen LogP contribution in [0.4, 0.5) is 0 Å². The van der Waals surface area contributed by atoms with Crippen LogP contribution >= 0.6 is 0 Å². The Morgan fingerprint density at radius 1 is 1.40 bits per heavy atom. The summed E-state index contributed by atoms with van der Waals surface area (Å²) in [6.07, 6.45) is 2.05. The first-order valence-electron chi connectivity index (χ1n) is 3.86. The van der Waals surface area contributed by atoms with Crippen molar-refractivity contribution in [2.24, 2.45) is 16.1 Å². The van der Waals surface area contributed by atoms with Gasteiger partial charge in [-0.05, 0) is 12.3 Å². The Hall–Kier alpha value is -0.660. The summed E-state index contributed by atoms with van der Waals surface area (Å²) in [7, 11) is 0. The van der Waals surface area contributed by atoms with Gasteiger partial charge < -0.3 is 0 Å². The standard InChI is InChI=1S/C8H14N2/c1-4-7-5-8(6(2)3)10-9-7/h6H,4-5H2,1-3H3. The minimum atomic E-state index is 0.563. The van der Waals surface area contributed by atoms with Crippen molar-refractivity contribution in [3.8, 4) is 0 Å². The van der Waals surface area contributed by atoms with E-state index in [-0.39, 0.29) is 0 Å². The largest absolute Gasteiger partial charge is 0.160 e. The molecule has 0 atom stereocenters. The highest BCUT2D eigenvalue weighted by Crippen LogP contribution is 2.11. The van der Waals surface area contributed by atoms with Gasteiger partial charge in [-0.2, -0.15) is 10.2 Å². The molecule has 0 unspecified atom stereocenters. The summed E-state index contributed by atoms with van der Waals surface area (Å²) in [6, 6.07) is 0. The van der Waals surface area contributed by atoms with Crippen LogP contribution < -0.4 is 0 Å². The molecule has 1 aliphatic heterocycles. The first-order chi connectivity index (χ1) is 4.74. The molecule has 0 amide bonds. The average Bonchev–Trinajstić information content (AvgIpc) is 2.34. The van der Waals surface area contributed by atoms with E-state index in [0.717, 1.165) is 12.8 Å². The fraction of sp³-hybridized carbons (Fsp3) is 0.750. The van der Waals surface area contributed by atoms with E-state index in [1.165, 1.54) is 11.4 Å². The van der Waals surface area contributed by atoms with E-state index in [0.29, 0.717) is 5.92 Å². The molecule has 0 fully saturated rings. The van der Waals surface area contributed by atoms with Crippen LogP contribution in [-0.4, -0.2) is 11.4 Å². The van der Waals surface area contributed by atoms with Crippen LogP contribution in [0.15, 0.2) is 10.2 Å². The fourth-order valence-electron chi connectivity index (χ4n) is 0.930. The molecule has 0 bridgehead atoms. The molecule has 2 heteroatoms. The van der Waals surface area contributed by atoms with Gasteiger partial charge in [0, 0.05) is 17.8 Å². The van der Waals surface area contributed by atoms with Gasteiger partial charge >= 0.3 is 0 Å². The first-order valence-corrected chi connectivity index (χ1v) is 3.86. The Morgan fingerprint density at radius 3 is 2.40 bits per heavy atom. The third kappa shape index (κ3) is 1.43. The van der Waals surface area contributed by atoms with Gasteiger partial charge in [0.05, 0.1) is 0 Å². The van der Waals surface area contributed by atoms with Crippen LogP contribution in [0.1, 0.15) is 33.6 Å². The molecule has 0 aliphatic carbocycles. The smallest absolute Gasteiger partial charge is 0.0487 e. The van der Waals surface area contributed by atoms with E-state index < -0.39 is 0 Å². The molecule has 0 spiro atoms. The Morgan fingerprint density at radius 2 is 2.10 bits per heavy atom. The van der Waals surface area contributed by atoms with E-state index >= 15 is 0 Å². The molecule has 1 aliphatic rings. The number of nitrogens with zero attached hydrogens (tertiary/aromatic N) is 2. The van der Waals surface area contributed by atoms with Crippen molar-refractivity contribution in [1.29, 1.82) is 0 Å². The van der Waals surface area contributed by atoms with Gasteiger partial charge in [-0.25, -0.2) is 0 Å². The second kappa shape index (κ2) is 2.95. The molecule has 0 saturated carbocycles. The monoisotopic (exact) mass is 138 g/mol. The highest BCUT2D eigenvalue weighted by Gasteiger charge is 2.12. The maximum atomic E-state index is 4.09. The summed E-state index contributed by atoms with van der Waals surface area (Å²) in [5.74, 6) is 0.563. The first kappa shape index (κ1) is 7.45.